The average molecular weight is 609 g/mol. The Morgan fingerprint density at radius 3 is 1.70 bits per heavy atom. The largest absolute Gasteiger partial charge is 0.497 e. The topological polar surface area (TPSA) is 132 Å². The van der Waals surface area contributed by atoms with Crippen molar-refractivity contribution in [1.29, 1.82) is 0 Å². The van der Waals surface area contributed by atoms with Crippen LogP contribution in [0.5, 0.6) is 40.2 Å². The van der Waals surface area contributed by atoms with Gasteiger partial charge in [0.2, 0.25) is 22.6 Å². The lowest BCUT2D eigenvalue weighted by atomic mass is 10.0. The van der Waals surface area contributed by atoms with E-state index in [4.69, 9.17) is 38.1 Å². The number of carbonyl (C=O) groups is 1. The van der Waals surface area contributed by atoms with Crippen molar-refractivity contribution in [1.82, 2.24) is 15.2 Å². The van der Waals surface area contributed by atoms with Crippen LogP contribution in [0.15, 0.2) is 53.7 Å². The van der Waals surface area contributed by atoms with Gasteiger partial charge in [0.05, 0.1) is 55.5 Å². The minimum absolute atomic E-state index is 0.0388. The lowest BCUT2D eigenvalue weighted by Crippen LogP contribution is -2.14. The van der Waals surface area contributed by atoms with E-state index >= 15 is 0 Å². The Labute approximate surface area is 253 Å². The van der Waals surface area contributed by atoms with E-state index in [-0.39, 0.29) is 16.8 Å². The first kappa shape index (κ1) is 31.0. The van der Waals surface area contributed by atoms with E-state index in [0.717, 1.165) is 11.8 Å². The van der Waals surface area contributed by atoms with Crippen molar-refractivity contribution >= 4 is 23.4 Å². The number of hydrogen-bond acceptors (Lipinski definition) is 12. The second-order valence-corrected chi connectivity index (χ2v) is 9.63. The van der Waals surface area contributed by atoms with E-state index < -0.39 is 0 Å². The van der Waals surface area contributed by atoms with E-state index in [9.17, 15) is 4.79 Å². The molecule has 12 nitrogen and oxygen atoms in total. The number of nitrogens with zero attached hydrogens (tertiary/aromatic N) is 3. The van der Waals surface area contributed by atoms with Crippen LogP contribution in [0.4, 0.5) is 5.69 Å². The van der Waals surface area contributed by atoms with Gasteiger partial charge in [-0.25, -0.2) is 4.98 Å². The van der Waals surface area contributed by atoms with Crippen LogP contribution in [-0.4, -0.2) is 76.6 Å². The van der Waals surface area contributed by atoms with Crippen LogP contribution in [0.2, 0.25) is 0 Å². The highest BCUT2D eigenvalue weighted by molar-refractivity contribution is 7.99. The van der Waals surface area contributed by atoms with Crippen molar-refractivity contribution in [2.24, 2.45) is 0 Å². The molecule has 0 aliphatic heterocycles. The molecular weight excluding hydrogens is 576 g/mol. The summed E-state index contributed by atoms with van der Waals surface area (Å²) in [5.41, 5.74) is 2.68. The zero-order valence-corrected chi connectivity index (χ0v) is 25.7. The number of ether oxygens (including phenoxy) is 7. The number of nitrogens with one attached hydrogen (secondary N) is 1. The zero-order valence-electron chi connectivity index (χ0n) is 24.8. The number of amides is 1. The molecule has 0 unspecified atom stereocenters. The van der Waals surface area contributed by atoms with Gasteiger partial charge < -0.3 is 38.5 Å². The van der Waals surface area contributed by atoms with Crippen molar-refractivity contribution in [2.45, 2.75) is 5.16 Å². The maximum absolute atomic E-state index is 12.7. The highest BCUT2D eigenvalue weighted by Gasteiger charge is 2.22. The Morgan fingerprint density at radius 1 is 0.674 bits per heavy atom. The molecule has 0 radical (unpaired) electrons. The summed E-state index contributed by atoms with van der Waals surface area (Å²) in [6, 6.07) is 14.1. The molecule has 3 aromatic carbocycles. The molecule has 0 aliphatic carbocycles. The quantitative estimate of drug-likeness (QED) is 0.205. The third kappa shape index (κ3) is 6.95. The van der Waals surface area contributed by atoms with Gasteiger partial charge in [0, 0.05) is 22.9 Å². The fourth-order valence-corrected chi connectivity index (χ4v) is 4.82. The first-order valence-corrected chi connectivity index (χ1v) is 13.8. The van der Waals surface area contributed by atoms with Gasteiger partial charge in [-0.2, -0.15) is 0 Å². The maximum Gasteiger partial charge on any atom is 0.234 e. The first-order valence-electron chi connectivity index (χ1n) is 12.8. The number of methoxy groups -OCH3 is 7. The summed E-state index contributed by atoms with van der Waals surface area (Å²) < 4.78 is 38.5. The second kappa shape index (κ2) is 14.3. The highest BCUT2D eigenvalue weighted by Crippen LogP contribution is 2.45. The zero-order chi connectivity index (χ0) is 30.9. The Hall–Kier alpha value is -4.91. The minimum Gasteiger partial charge on any atom is -0.497 e. The van der Waals surface area contributed by atoms with Crippen LogP contribution >= 0.6 is 11.8 Å². The molecule has 0 aliphatic rings. The SMILES string of the molecule is COc1cccc(NC(=O)CSc2nnc(-c3cc(OC)c(OC)c(OC)c3)c(-c3cc(OC)c(OC)c(OC)c3)n2)c1. The standard InChI is InChI=1S/C30H32N4O8S/c1-36-20-10-8-9-19(15-20)31-25(35)16-43-30-32-26(17-11-21(37-2)28(41-6)22(12-17)38-3)27(33-34-30)18-13-23(39-4)29(42-7)24(14-18)40-5/h8-15H,16H2,1-7H3,(H,31,35). The molecule has 226 valence electrons. The number of anilines is 1. The monoisotopic (exact) mass is 608 g/mol. The summed E-state index contributed by atoms with van der Waals surface area (Å²) in [4.78, 5) is 17.5. The smallest absolute Gasteiger partial charge is 0.234 e. The fraction of sp³-hybridized carbons (Fsp3) is 0.267. The molecule has 4 aromatic rings. The third-order valence-electron chi connectivity index (χ3n) is 6.23. The second-order valence-electron chi connectivity index (χ2n) is 8.69. The highest BCUT2D eigenvalue weighted by atomic mass is 32.2. The summed E-state index contributed by atoms with van der Waals surface area (Å²) >= 11 is 1.13. The number of benzene rings is 3. The molecule has 0 spiro atoms. The lowest BCUT2D eigenvalue weighted by molar-refractivity contribution is -0.113. The van der Waals surface area contributed by atoms with Crippen LogP contribution in [-0.2, 0) is 4.79 Å². The van der Waals surface area contributed by atoms with Crippen LogP contribution in [0.1, 0.15) is 0 Å². The van der Waals surface area contributed by atoms with Crippen LogP contribution in [0, 0.1) is 0 Å². The average Bonchev–Trinajstić information content (AvgIpc) is 3.05. The molecule has 1 heterocycles. The van der Waals surface area contributed by atoms with Crippen LogP contribution in [0.3, 0.4) is 0 Å². The molecule has 13 heteroatoms. The molecule has 0 saturated carbocycles. The molecule has 43 heavy (non-hydrogen) atoms. The Bertz CT molecular complexity index is 1550. The van der Waals surface area contributed by atoms with Crippen molar-refractivity contribution in [2.75, 3.05) is 60.8 Å². The predicted octanol–water partition coefficient (Wildman–Crippen LogP) is 5.00. The Morgan fingerprint density at radius 2 is 1.21 bits per heavy atom. The summed E-state index contributed by atoms with van der Waals surface area (Å²) in [5, 5.41) is 12.0. The van der Waals surface area contributed by atoms with Gasteiger partial charge >= 0.3 is 0 Å². The van der Waals surface area contributed by atoms with Crippen LogP contribution in [0.25, 0.3) is 22.5 Å². The van der Waals surface area contributed by atoms with Gasteiger partial charge in [0.15, 0.2) is 23.0 Å². The number of rotatable bonds is 13. The van der Waals surface area contributed by atoms with Gasteiger partial charge in [0.1, 0.15) is 17.1 Å². The molecular formula is C30H32N4O8S. The number of aromatic nitrogens is 3. The third-order valence-corrected chi connectivity index (χ3v) is 7.07. The van der Waals surface area contributed by atoms with E-state index in [1.54, 1.807) is 55.6 Å². The molecule has 0 bridgehead atoms. The van der Waals surface area contributed by atoms with Gasteiger partial charge in [-0.1, -0.05) is 17.8 Å². The summed E-state index contributed by atoms with van der Waals surface area (Å²) in [5.74, 6) is 3.00. The van der Waals surface area contributed by atoms with Gasteiger partial charge in [0.25, 0.3) is 0 Å². The van der Waals surface area contributed by atoms with E-state index in [1.807, 2.05) is 0 Å². The van der Waals surface area contributed by atoms with Gasteiger partial charge in [-0.15, -0.1) is 10.2 Å². The first-order chi connectivity index (χ1) is 20.9. The van der Waals surface area contributed by atoms with Crippen molar-refractivity contribution in [3.8, 4) is 62.8 Å². The number of carbonyl (C=O) groups excluding carboxylic acids is 1. The Kier molecular flexibility index (Phi) is 10.3. The molecule has 1 amide bonds. The number of thioether (sulfide) groups is 1. The van der Waals surface area contributed by atoms with Crippen LogP contribution < -0.4 is 38.5 Å². The van der Waals surface area contributed by atoms with Gasteiger partial charge in [-0.3, -0.25) is 4.79 Å². The molecule has 0 fully saturated rings. The lowest BCUT2D eigenvalue weighted by Gasteiger charge is -2.17. The summed E-state index contributed by atoms with van der Waals surface area (Å²) in [6.45, 7) is 0. The molecule has 1 N–H and O–H groups in total. The predicted molar refractivity (Wildman–Crippen MR) is 162 cm³/mol. The summed E-state index contributed by atoms with van der Waals surface area (Å²) in [6.07, 6.45) is 0. The molecule has 4 rings (SSSR count). The van der Waals surface area contributed by atoms with Gasteiger partial charge in [-0.05, 0) is 36.4 Å². The Balaban J connectivity index is 1.77. The van der Waals surface area contributed by atoms with E-state index in [0.29, 0.717) is 68.4 Å². The van der Waals surface area contributed by atoms with Crippen molar-refractivity contribution in [3.05, 3.63) is 48.5 Å². The van der Waals surface area contributed by atoms with Crippen molar-refractivity contribution < 1.29 is 38.0 Å². The molecule has 0 saturated heterocycles. The van der Waals surface area contributed by atoms with E-state index in [2.05, 4.69) is 15.5 Å². The van der Waals surface area contributed by atoms with Crippen molar-refractivity contribution in [3.63, 3.8) is 0 Å². The minimum atomic E-state index is -0.245. The molecule has 0 atom stereocenters. The molecule has 1 aromatic heterocycles. The maximum atomic E-state index is 12.7. The normalized spacial score (nSPS) is 10.5. The number of hydrogen-bond donors (Lipinski definition) is 1. The fourth-order valence-electron chi connectivity index (χ4n) is 4.23. The summed E-state index contributed by atoms with van der Waals surface area (Å²) in [7, 11) is 10.7. The van der Waals surface area contributed by atoms with E-state index in [1.165, 1.54) is 42.7 Å².